The first kappa shape index (κ1) is 25.1. The third-order valence-electron chi connectivity index (χ3n) is 6.18. The molecule has 1 heterocycles. The fraction of sp³-hybridized carbons (Fsp3) is 0.310. The van der Waals surface area contributed by atoms with Gasteiger partial charge in [-0.05, 0) is 61.0 Å². The minimum atomic E-state index is -0.196. The van der Waals surface area contributed by atoms with E-state index in [0.29, 0.717) is 31.9 Å². The molecule has 0 atom stereocenters. The van der Waals surface area contributed by atoms with Crippen LogP contribution in [-0.4, -0.2) is 37.1 Å². The third-order valence-corrected chi connectivity index (χ3v) is 6.18. The first-order chi connectivity index (χ1) is 17.3. The van der Waals surface area contributed by atoms with Gasteiger partial charge in [0.15, 0.2) is 0 Å². The standard InChI is InChI=1S/C29H33N3O4/c1-20(2)28(33)32(25-10-5-21(3)6-11-25)18-22-7-14-27-23(17-22)19-31(15-16-36-27)29(34)30-24-8-12-26(35-4)13-9-24/h5-14,17,20H,15-16,18-19H2,1-4H3,(H,30,34). The molecule has 4 rings (SSSR count). The van der Waals surface area contributed by atoms with Gasteiger partial charge in [-0.3, -0.25) is 4.79 Å². The molecule has 0 unspecified atom stereocenters. The van der Waals surface area contributed by atoms with Gasteiger partial charge in [-0.2, -0.15) is 0 Å². The maximum atomic E-state index is 13.1. The van der Waals surface area contributed by atoms with Gasteiger partial charge in [-0.25, -0.2) is 4.79 Å². The lowest BCUT2D eigenvalue weighted by atomic mass is 10.1. The fourth-order valence-electron chi connectivity index (χ4n) is 4.11. The predicted molar refractivity (Wildman–Crippen MR) is 142 cm³/mol. The van der Waals surface area contributed by atoms with E-state index in [1.165, 1.54) is 0 Å². The van der Waals surface area contributed by atoms with Crippen LogP contribution in [0.1, 0.15) is 30.5 Å². The lowest BCUT2D eigenvalue weighted by Gasteiger charge is -2.26. The fourth-order valence-corrected chi connectivity index (χ4v) is 4.11. The molecule has 36 heavy (non-hydrogen) atoms. The van der Waals surface area contributed by atoms with Gasteiger partial charge in [0, 0.05) is 22.9 Å². The summed E-state index contributed by atoms with van der Waals surface area (Å²) in [6.45, 7) is 7.57. The Labute approximate surface area is 212 Å². The van der Waals surface area contributed by atoms with Gasteiger partial charge in [0.25, 0.3) is 0 Å². The highest BCUT2D eigenvalue weighted by Gasteiger charge is 2.23. The number of rotatable bonds is 6. The average molecular weight is 488 g/mol. The molecule has 1 N–H and O–H groups in total. The molecular formula is C29H33N3O4. The van der Waals surface area contributed by atoms with Crippen LogP contribution in [-0.2, 0) is 17.9 Å². The molecule has 0 aromatic heterocycles. The number of fused-ring (bicyclic) bond motifs is 1. The summed E-state index contributed by atoms with van der Waals surface area (Å²) >= 11 is 0. The van der Waals surface area contributed by atoms with Gasteiger partial charge < -0.3 is 24.6 Å². The lowest BCUT2D eigenvalue weighted by Crippen LogP contribution is -2.36. The van der Waals surface area contributed by atoms with E-state index in [2.05, 4.69) is 5.32 Å². The van der Waals surface area contributed by atoms with Gasteiger partial charge in [0.2, 0.25) is 5.91 Å². The van der Waals surface area contributed by atoms with Gasteiger partial charge in [0.05, 0.1) is 26.7 Å². The number of carbonyl (C=O) groups is 2. The van der Waals surface area contributed by atoms with Crippen molar-refractivity contribution < 1.29 is 19.1 Å². The molecule has 0 saturated carbocycles. The first-order valence-electron chi connectivity index (χ1n) is 12.2. The number of amides is 3. The van der Waals surface area contributed by atoms with E-state index < -0.39 is 0 Å². The predicted octanol–water partition coefficient (Wildman–Crippen LogP) is 5.62. The highest BCUT2D eigenvalue weighted by atomic mass is 16.5. The van der Waals surface area contributed by atoms with Crippen molar-refractivity contribution in [1.29, 1.82) is 0 Å². The number of nitrogens with one attached hydrogen (secondary N) is 1. The summed E-state index contributed by atoms with van der Waals surface area (Å²) in [7, 11) is 1.61. The number of hydrogen-bond acceptors (Lipinski definition) is 4. The molecule has 0 spiro atoms. The zero-order valence-electron chi connectivity index (χ0n) is 21.3. The zero-order valence-corrected chi connectivity index (χ0v) is 21.3. The molecule has 0 fully saturated rings. The number of carbonyl (C=O) groups excluding carboxylic acids is 2. The second-order valence-corrected chi connectivity index (χ2v) is 9.29. The summed E-state index contributed by atoms with van der Waals surface area (Å²) in [5, 5.41) is 2.94. The highest BCUT2D eigenvalue weighted by molar-refractivity contribution is 5.94. The number of hydrogen-bond donors (Lipinski definition) is 1. The van der Waals surface area contributed by atoms with Crippen LogP contribution in [0.15, 0.2) is 66.7 Å². The summed E-state index contributed by atoms with van der Waals surface area (Å²) < 4.78 is 11.1. The van der Waals surface area contributed by atoms with Crippen LogP contribution in [0.4, 0.5) is 16.2 Å². The van der Waals surface area contributed by atoms with Gasteiger partial charge >= 0.3 is 6.03 Å². The van der Waals surface area contributed by atoms with E-state index in [9.17, 15) is 9.59 Å². The SMILES string of the molecule is COc1ccc(NC(=O)N2CCOc3ccc(CN(C(=O)C(C)C)c4ccc(C)cc4)cc3C2)cc1. The van der Waals surface area contributed by atoms with Gasteiger partial charge in [-0.15, -0.1) is 0 Å². The summed E-state index contributed by atoms with van der Waals surface area (Å²) in [4.78, 5) is 29.6. The molecular weight excluding hydrogens is 454 g/mol. The van der Waals surface area contributed by atoms with E-state index in [1.54, 1.807) is 24.1 Å². The van der Waals surface area contributed by atoms with Crippen LogP contribution in [0, 0.1) is 12.8 Å². The summed E-state index contributed by atoms with van der Waals surface area (Å²) in [6, 6.07) is 21.0. The number of nitrogens with zero attached hydrogens (tertiary/aromatic N) is 2. The zero-order chi connectivity index (χ0) is 25.7. The van der Waals surface area contributed by atoms with E-state index in [-0.39, 0.29) is 17.9 Å². The monoisotopic (exact) mass is 487 g/mol. The van der Waals surface area contributed by atoms with Crippen molar-refractivity contribution in [2.45, 2.75) is 33.9 Å². The quantitative estimate of drug-likeness (QED) is 0.490. The molecule has 0 bridgehead atoms. The number of urea groups is 1. The van der Waals surface area contributed by atoms with Crippen LogP contribution in [0.3, 0.4) is 0 Å². The van der Waals surface area contributed by atoms with Crippen LogP contribution < -0.4 is 19.7 Å². The summed E-state index contributed by atoms with van der Waals surface area (Å²) in [6.07, 6.45) is 0. The lowest BCUT2D eigenvalue weighted by molar-refractivity contribution is -0.121. The molecule has 7 heteroatoms. The van der Waals surface area contributed by atoms with Crippen LogP contribution in [0.2, 0.25) is 0 Å². The Bertz CT molecular complexity index is 1210. The van der Waals surface area contributed by atoms with Crippen molar-refractivity contribution in [2.24, 2.45) is 5.92 Å². The maximum absolute atomic E-state index is 13.1. The van der Waals surface area contributed by atoms with Crippen LogP contribution in [0.5, 0.6) is 11.5 Å². The largest absolute Gasteiger partial charge is 0.497 e. The van der Waals surface area contributed by atoms with Crippen molar-refractivity contribution >= 4 is 23.3 Å². The number of benzene rings is 3. The molecule has 0 saturated heterocycles. The Kier molecular flexibility index (Phi) is 7.78. The molecule has 3 aromatic carbocycles. The van der Waals surface area contributed by atoms with E-state index >= 15 is 0 Å². The van der Waals surface area contributed by atoms with Crippen LogP contribution in [0.25, 0.3) is 0 Å². The smallest absolute Gasteiger partial charge is 0.322 e. The Balaban J connectivity index is 1.52. The average Bonchev–Trinajstić information content (AvgIpc) is 3.10. The molecule has 3 amide bonds. The molecule has 3 aromatic rings. The molecule has 7 nitrogen and oxygen atoms in total. The molecule has 188 valence electrons. The van der Waals surface area contributed by atoms with Gasteiger partial charge in [0.1, 0.15) is 18.1 Å². The summed E-state index contributed by atoms with van der Waals surface area (Å²) in [5.74, 6) is 1.42. The Hall–Kier alpha value is -4.00. The molecule has 0 radical (unpaired) electrons. The Morgan fingerprint density at radius 2 is 1.78 bits per heavy atom. The minimum absolute atomic E-state index is 0.0607. The van der Waals surface area contributed by atoms with Crippen molar-refractivity contribution in [3.63, 3.8) is 0 Å². The highest BCUT2D eigenvalue weighted by Crippen LogP contribution is 2.27. The number of ether oxygens (including phenoxy) is 2. The number of aryl methyl sites for hydroxylation is 1. The first-order valence-corrected chi connectivity index (χ1v) is 12.2. The van der Waals surface area contributed by atoms with E-state index in [1.807, 2.05) is 80.3 Å². The van der Waals surface area contributed by atoms with Crippen molar-refractivity contribution in [3.05, 3.63) is 83.4 Å². The maximum Gasteiger partial charge on any atom is 0.322 e. The van der Waals surface area contributed by atoms with Gasteiger partial charge in [-0.1, -0.05) is 37.6 Å². The molecule has 1 aliphatic heterocycles. The van der Waals surface area contributed by atoms with Crippen molar-refractivity contribution in [3.8, 4) is 11.5 Å². The minimum Gasteiger partial charge on any atom is -0.497 e. The third kappa shape index (κ3) is 5.97. The second kappa shape index (κ2) is 11.2. The number of methoxy groups -OCH3 is 1. The topological polar surface area (TPSA) is 71.1 Å². The van der Waals surface area contributed by atoms with Crippen molar-refractivity contribution in [2.75, 3.05) is 30.5 Å². The Morgan fingerprint density at radius 1 is 1.06 bits per heavy atom. The van der Waals surface area contributed by atoms with Crippen LogP contribution >= 0.6 is 0 Å². The van der Waals surface area contributed by atoms with Crippen molar-refractivity contribution in [1.82, 2.24) is 4.90 Å². The van der Waals surface area contributed by atoms with E-state index in [4.69, 9.17) is 9.47 Å². The molecule has 0 aliphatic carbocycles. The second-order valence-electron chi connectivity index (χ2n) is 9.29. The Morgan fingerprint density at radius 3 is 2.44 bits per heavy atom. The van der Waals surface area contributed by atoms with E-state index in [0.717, 1.165) is 33.9 Å². The normalized spacial score (nSPS) is 12.9. The number of anilines is 2. The molecule has 1 aliphatic rings. The summed E-state index contributed by atoms with van der Waals surface area (Å²) in [5.41, 5.74) is 4.60.